The highest BCUT2D eigenvalue weighted by atomic mass is 16.5. The van der Waals surface area contributed by atoms with Crippen LogP contribution in [0.5, 0.6) is 0 Å². The summed E-state index contributed by atoms with van der Waals surface area (Å²) < 4.78 is 5.69. The molecule has 1 aromatic rings. The Kier molecular flexibility index (Phi) is 6.32. The van der Waals surface area contributed by atoms with Gasteiger partial charge in [0.2, 0.25) is 0 Å². The second kappa shape index (κ2) is 8.68. The molecule has 0 spiro atoms. The Morgan fingerprint density at radius 1 is 1.16 bits per heavy atom. The second-order valence-electron chi connectivity index (χ2n) is 7.54. The number of ether oxygens (including phenoxy) is 1. The molecule has 1 aromatic carbocycles. The molecule has 0 saturated carbocycles. The molecule has 25 heavy (non-hydrogen) atoms. The molecule has 2 heterocycles. The van der Waals surface area contributed by atoms with Gasteiger partial charge in [-0.1, -0.05) is 30.3 Å². The van der Waals surface area contributed by atoms with E-state index in [9.17, 15) is 4.79 Å². The van der Waals surface area contributed by atoms with Gasteiger partial charge in [-0.15, -0.1) is 0 Å². The Labute approximate surface area is 151 Å². The Bertz CT molecular complexity index is 541. The molecule has 3 rings (SSSR count). The van der Waals surface area contributed by atoms with Crippen LogP contribution in [0, 0.1) is 5.92 Å². The van der Waals surface area contributed by atoms with E-state index in [4.69, 9.17) is 4.74 Å². The molecule has 2 saturated heterocycles. The SMILES string of the molecule is C[C@@H]1CN(C(=O)NC[C@H]2CCN(CCc3ccccc3)C2)C[C@H](C)O1. The van der Waals surface area contributed by atoms with E-state index in [0.717, 1.165) is 32.6 Å². The summed E-state index contributed by atoms with van der Waals surface area (Å²) in [4.78, 5) is 16.8. The highest BCUT2D eigenvalue weighted by molar-refractivity contribution is 5.74. The lowest BCUT2D eigenvalue weighted by Gasteiger charge is -2.35. The molecule has 0 aromatic heterocycles. The predicted molar refractivity (Wildman–Crippen MR) is 99.7 cm³/mol. The van der Waals surface area contributed by atoms with Gasteiger partial charge in [-0.05, 0) is 44.7 Å². The van der Waals surface area contributed by atoms with Crippen molar-refractivity contribution in [3.8, 4) is 0 Å². The molecule has 2 aliphatic heterocycles. The molecule has 5 nitrogen and oxygen atoms in total. The zero-order valence-electron chi connectivity index (χ0n) is 15.5. The maximum absolute atomic E-state index is 12.4. The maximum Gasteiger partial charge on any atom is 0.317 e. The molecule has 0 unspecified atom stereocenters. The number of hydrogen-bond acceptors (Lipinski definition) is 3. The predicted octanol–water partition coefficient (Wildman–Crippen LogP) is 2.37. The lowest BCUT2D eigenvalue weighted by Crippen LogP contribution is -2.52. The van der Waals surface area contributed by atoms with Crippen LogP contribution in [0.3, 0.4) is 0 Å². The topological polar surface area (TPSA) is 44.8 Å². The van der Waals surface area contributed by atoms with Crippen LogP contribution >= 0.6 is 0 Å². The van der Waals surface area contributed by atoms with Crippen molar-refractivity contribution in [2.45, 2.75) is 38.9 Å². The fourth-order valence-corrected chi connectivity index (χ4v) is 3.90. The normalized spacial score (nSPS) is 27.4. The number of hydrogen-bond donors (Lipinski definition) is 1. The fourth-order valence-electron chi connectivity index (χ4n) is 3.90. The van der Waals surface area contributed by atoms with Crippen molar-refractivity contribution in [3.05, 3.63) is 35.9 Å². The molecule has 5 heteroatoms. The first-order chi connectivity index (χ1) is 12.1. The highest BCUT2D eigenvalue weighted by Crippen LogP contribution is 2.16. The number of carbonyl (C=O) groups is 1. The number of rotatable bonds is 5. The first-order valence-corrected chi connectivity index (χ1v) is 9.54. The number of carbonyl (C=O) groups excluding carboxylic acids is 1. The molecule has 0 radical (unpaired) electrons. The van der Waals surface area contributed by atoms with Crippen LogP contribution in [0.4, 0.5) is 4.79 Å². The lowest BCUT2D eigenvalue weighted by molar-refractivity contribution is -0.0545. The smallest absolute Gasteiger partial charge is 0.317 e. The van der Waals surface area contributed by atoms with Crippen molar-refractivity contribution in [1.29, 1.82) is 0 Å². The quantitative estimate of drug-likeness (QED) is 0.891. The van der Waals surface area contributed by atoms with Crippen molar-refractivity contribution >= 4 is 6.03 Å². The first-order valence-electron chi connectivity index (χ1n) is 9.54. The molecule has 0 bridgehead atoms. The number of amides is 2. The molecule has 3 atom stereocenters. The van der Waals surface area contributed by atoms with Gasteiger partial charge < -0.3 is 19.9 Å². The van der Waals surface area contributed by atoms with E-state index in [1.807, 2.05) is 18.7 Å². The number of morpholine rings is 1. The Balaban J connectivity index is 1.36. The molecule has 0 aliphatic carbocycles. The summed E-state index contributed by atoms with van der Waals surface area (Å²) >= 11 is 0. The van der Waals surface area contributed by atoms with E-state index in [2.05, 4.69) is 40.5 Å². The minimum absolute atomic E-state index is 0.0599. The van der Waals surface area contributed by atoms with Gasteiger partial charge in [0, 0.05) is 32.7 Å². The molecule has 138 valence electrons. The standard InChI is InChI=1S/C20H31N3O2/c1-16-13-23(14-17(2)25-16)20(24)21-12-19-9-11-22(15-19)10-8-18-6-4-3-5-7-18/h3-7,16-17,19H,8-15H2,1-2H3,(H,21,24)/t16-,17+,19-/m1/s1. The van der Waals surface area contributed by atoms with Gasteiger partial charge in [0.15, 0.2) is 0 Å². The maximum atomic E-state index is 12.4. The van der Waals surface area contributed by atoms with E-state index in [1.54, 1.807) is 0 Å². The van der Waals surface area contributed by atoms with E-state index < -0.39 is 0 Å². The van der Waals surface area contributed by atoms with Crippen LogP contribution in [0.2, 0.25) is 0 Å². The number of urea groups is 1. The molecule has 2 fully saturated rings. The van der Waals surface area contributed by atoms with Gasteiger partial charge in [-0.25, -0.2) is 4.79 Å². The van der Waals surface area contributed by atoms with Crippen LogP contribution in [0.1, 0.15) is 25.8 Å². The number of benzene rings is 1. The largest absolute Gasteiger partial charge is 0.372 e. The van der Waals surface area contributed by atoms with E-state index >= 15 is 0 Å². The Morgan fingerprint density at radius 3 is 2.60 bits per heavy atom. The molecular formula is C20H31N3O2. The van der Waals surface area contributed by atoms with Gasteiger partial charge in [0.25, 0.3) is 0 Å². The summed E-state index contributed by atoms with van der Waals surface area (Å²) in [6, 6.07) is 10.7. The van der Waals surface area contributed by atoms with E-state index in [0.29, 0.717) is 19.0 Å². The van der Waals surface area contributed by atoms with Crippen LogP contribution in [-0.4, -0.2) is 67.3 Å². The summed E-state index contributed by atoms with van der Waals surface area (Å²) in [6.07, 6.45) is 2.51. The minimum Gasteiger partial charge on any atom is -0.372 e. The third-order valence-corrected chi connectivity index (χ3v) is 5.18. The minimum atomic E-state index is 0.0599. The second-order valence-corrected chi connectivity index (χ2v) is 7.54. The summed E-state index contributed by atoms with van der Waals surface area (Å²) in [6.45, 7) is 9.53. The van der Waals surface area contributed by atoms with Crippen LogP contribution in [0.15, 0.2) is 30.3 Å². The van der Waals surface area contributed by atoms with E-state index in [-0.39, 0.29) is 18.2 Å². The zero-order chi connectivity index (χ0) is 17.6. The first kappa shape index (κ1) is 18.2. The van der Waals surface area contributed by atoms with Crippen LogP contribution in [-0.2, 0) is 11.2 Å². The van der Waals surface area contributed by atoms with Crippen LogP contribution in [0.25, 0.3) is 0 Å². The zero-order valence-corrected chi connectivity index (χ0v) is 15.5. The number of nitrogens with zero attached hydrogens (tertiary/aromatic N) is 2. The van der Waals surface area contributed by atoms with Crippen molar-refractivity contribution < 1.29 is 9.53 Å². The average Bonchev–Trinajstić information content (AvgIpc) is 3.06. The number of nitrogens with one attached hydrogen (secondary N) is 1. The average molecular weight is 345 g/mol. The van der Waals surface area contributed by atoms with Gasteiger partial charge in [0.1, 0.15) is 0 Å². The fraction of sp³-hybridized carbons (Fsp3) is 0.650. The Hall–Kier alpha value is -1.59. The lowest BCUT2D eigenvalue weighted by atomic mass is 10.1. The monoisotopic (exact) mass is 345 g/mol. The summed E-state index contributed by atoms with van der Waals surface area (Å²) in [7, 11) is 0. The van der Waals surface area contributed by atoms with Crippen molar-refractivity contribution in [3.63, 3.8) is 0 Å². The highest BCUT2D eigenvalue weighted by Gasteiger charge is 2.27. The summed E-state index contributed by atoms with van der Waals surface area (Å²) in [5.74, 6) is 0.565. The van der Waals surface area contributed by atoms with Gasteiger partial charge in [-0.2, -0.15) is 0 Å². The molecule has 2 aliphatic rings. The molecule has 2 amide bonds. The summed E-state index contributed by atoms with van der Waals surface area (Å²) in [5, 5.41) is 3.13. The van der Waals surface area contributed by atoms with Crippen molar-refractivity contribution in [2.24, 2.45) is 5.92 Å². The summed E-state index contributed by atoms with van der Waals surface area (Å²) in [5.41, 5.74) is 1.40. The van der Waals surface area contributed by atoms with Gasteiger partial charge in [-0.3, -0.25) is 0 Å². The van der Waals surface area contributed by atoms with Gasteiger partial charge in [0.05, 0.1) is 12.2 Å². The van der Waals surface area contributed by atoms with Crippen LogP contribution < -0.4 is 5.32 Å². The van der Waals surface area contributed by atoms with Crippen molar-refractivity contribution in [1.82, 2.24) is 15.1 Å². The molecule has 1 N–H and O–H groups in total. The Morgan fingerprint density at radius 2 is 1.88 bits per heavy atom. The molecular weight excluding hydrogens is 314 g/mol. The van der Waals surface area contributed by atoms with Crippen molar-refractivity contribution in [2.75, 3.05) is 39.3 Å². The number of likely N-dealkylation sites (tertiary alicyclic amines) is 1. The third-order valence-electron chi connectivity index (χ3n) is 5.18. The third kappa shape index (κ3) is 5.44. The van der Waals surface area contributed by atoms with Gasteiger partial charge >= 0.3 is 6.03 Å². The van der Waals surface area contributed by atoms with E-state index in [1.165, 1.54) is 12.0 Å².